The molecule has 3 atom stereocenters. The van der Waals surface area contributed by atoms with E-state index in [4.69, 9.17) is 0 Å². The van der Waals surface area contributed by atoms with E-state index in [0.29, 0.717) is 6.04 Å². The van der Waals surface area contributed by atoms with Crippen molar-refractivity contribution in [3.05, 3.63) is 0 Å². The van der Waals surface area contributed by atoms with Crippen LogP contribution >= 0.6 is 0 Å². The van der Waals surface area contributed by atoms with Crippen molar-refractivity contribution in [1.29, 1.82) is 0 Å². The highest BCUT2D eigenvalue weighted by Crippen LogP contribution is 2.21. The number of hydrogen-bond acceptors (Lipinski definition) is 2. The lowest BCUT2D eigenvalue weighted by molar-refractivity contribution is 0.122. The van der Waals surface area contributed by atoms with Crippen molar-refractivity contribution in [2.75, 3.05) is 19.6 Å². The molecule has 1 aliphatic heterocycles. The van der Waals surface area contributed by atoms with E-state index < -0.39 is 0 Å². The molecule has 96 valence electrons. The van der Waals surface area contributed by atoms with Gasteiger partial charge in [0, 0.05) is 18.6 Å². The van der Waals surface area contributed by atoms with Gasteiger partial charge in [0.05, 0.1) is 0 Å². The zero-order valence-corrected chi connectivity index (χ0v) is 11.6. The highest BCUT2D eigenvalue weighted by molar-refractivity contribution is 4.77. The molecule has 1 rings (SSSR count). The molecule has 2 nitrogen and oxygen atoms in total. The van der Waals surface area contributed by atoms with Gasteiger partial charge in [0.2, 0.25) is 0 Å². The molecule has 1 saturated heterocycles. The Hall–Kier alpha value is -0.0800. The molecule has 16 heavy (non-hydrogen) atoms. The molecule has 0 aromatic heterocycles. The third kappa shape index (κ3) is 4.84. The Labute approximate surface area is 102 Å². The zero-order valence-electron chi connectivity index (χ0n) is 11.6. The number of rotatable bonds is 6. The normalized spacial score (nSPS) is 29.2. The summed E-state index contributed by atoms with van der Waals surface area (Å²) in [5, 5.41) is 3.48. The van der Waals surface area contributed by atoms with Crippen LogP contribution in [0.1, 0.15) is 53.4 Å². The molecular formula is C14H30N2. The molecule has 1 heterocycles. The lowest BCUT2D eigenvalue weighted by Gasteiger charge is -2.37. The van der Waals surface area contributed by atoms with Gasteiger partial charge >= 0.3 is 0 Å². The predicted octanol–water partition coefficient (Wildman–Crippen LogP) is 2.89. The second kappa shape index (κ2) is 7.29. The standard InChI is InChI=1S/C14H30N2/c1-5-15-13(3)7-6-10-16-11-12(2)8-9-14(16)4/h12-15H,5-11H2,1-4H3. The third-order valence-corrected chi connectivity index (χ3v) is 3.88. The number of hydrogen-bond donors (Lipinski definition) is 1. The molecule has 0 aromatic carbocycles. The van der Waals surface area contributed by atoms with Crippen molar-refractivity contribution in [3.8, 4) is 0 Å². The van der Waals surface area contributed by atoms with Gasteiger partial charge in [0.15, 0.2) is 0 Å². The van der Waals surface area contributed by atoms with Gasteiger partial charge < -0.3 is 10.2 Å². The van der Waals surface area contributed by atoms with Crippen molar-refractivity contribution in [2.24, 2.45) is 5.92 Å². The van der Waals surface area contributed by atoms with Gasteiger partial charge in [-0.05, 0) is 58.5 Å². The summed E-state index contributed by atoms with van der Waals surface area (Å²) < 4.78 is 0. The van der Waals surface area contributed by atoms with Crippen molar-refractivity contribution in [1.82, 2.24) is 10.2 Å². The van der Waals surface area contributed by atoms with Crippen LogP contribution < -0.4 is 5.32 Å². The van der Waals surface area contributed by atoms with Gasteiger partial charge in [-0.1, -0.05) is 13.8 Å². The first-order chi connectivity index (χ1) is 7.63. The van der Waals surface area contributed by atoms with Crippen molar-refractivity contribution < 1.29 is 0 Å². The zero-order chi connectivity index (χ0) is 12.0. The Bertz CT molecular complexity index is 182. The van der Waals surface area contributed by atoms with Crippen LogP contribution in [-0.4, -0.2) is 36.6 Å². The summed E-state index contributed by atoms with van der Waals surface area (Å²) in [6.45, 7) is 13.0. The minimum absolute atomic E-state index is 0.683. The fourth-order valence-corrected chi connectivity index (χ4v) is 2.74. The SMILES string of the molecule is CCNC(C)CCCN1CC(C)CCC1C. The van der Waals surface area contributed by atoms with Crippen LogP contribution in [0.2, 0.25) is 0 Å². The predicted molar refractivity (Wildman–Crippen MR) is 71.8 cm³/mol. The summed E-state index contributed by atoms with van der Waals surface area (Å²) in [7, 11) is 0. The minimum Gasteiger partial charge on any atom is -0.315 e. The van der Waals surface area contributed by atoms with E-state index in [1.54, 1.807) is 0 Å². The smallest absolute Gasteiger partial charge is 0.00671 e. The van der Waals surface area contributed by atoms with Gasteiger partial charge in [-0.3, -0.25) is 0 Å². The average Bonchev–Trinajstić information content (AvgIpc) is 2.23. The summed E-state index contributed by atoms with van der Waals surface area (Å²) in [4.78, 5) is 2.69. The van der Waals surface area contributed by atoms with Gasteiger partial charge in [0.1, 0.15) is 0 Å². The van der Waals surface area contributed by atoms with Crippen LogP contribution in [0.4, 0.5) is 0 Å². The molecule has 1 fully saturated rings. The van der Waals surface area contributed by atoms with Gasteiger partial charge in [-0.2, -0.15) is 0 Å². The maximum absolute atomic E-state index is 3.48. The van der Waals surface area contributed by atoms with Crippen molar-refractivity contribution in [3.63, 3.8) is 0 Å². The fraction of sp³-hybridized carbons (Fsp3) is 1.00. The molecule has 0 amide bonds. The molecule has 1 aliphatic rings. The lowest BCUT2D eigenvalue weighted by Crippen LogP contribution is -2.41. The Morgan fingerprint density at radius 2 is 2.06 bits per heavy atom. The Morgan fingerprint density at radius 1 is 1.31 bits per heavy atom. The van der Waals surface area contributed by atoms with Crippen LogP contribution in [0.15, 0.2) is 0 Å². The van der Waals surface area contributed by atoms with E-state index in [1.807, 2.05) is 0 Å². The average molecular weight is 226 g/mol. The quantitative estimate of drug-likeness (QED) is 0.749. The summed E-state index contributed by atoms with van der Waals surface area (Å²) in [6, 6.07) is 1.49. The van der Waals surface area contributed by atoms with Crippen LogP contribution in [0, 0.1) is 5.92 Å². The number of nitrogens with one attached hydrogen (secondary N) is 1. The maximum Gasteiger partial charge on any atom is 0.00671 e. The van der Waals surface area contributed by atoms with Crippen LogP contribution in [0.3, 0.4) is 0 Å². The molecule has 0 radical (unpaired) electrons. The van der Waals surface area contributed by atoms with E-state index in [2.05, 4.69) is 37.9 Å². The summed E-state index contributed by atoms with van der Waals surface area (Å²) in [6.07, 6.45) is 5.46. The van der Waals surface area contributed by atoms with E-state index >= 15 is 0 Å². The number of piperidine rings is 1. The van der Waals surface area contributed by atoms with Crippen molar-refractivity contribution >= 4 is 0 Å². The molecular weight excluding hydrogens is 196 g/mol. The van der Waals surface area contributed by atoms with E-state index in [-0.39, 0.29) is 0 Å². The van der Waals surface area contributed by atoms with E-state index in [1.165, 1.54) is 38.8 Å². The van der Waals surface area contributed by atoms with Crippen molar-refractivity contribution in [2.45, 2.75) is 65.5 Å². The summed E-state index contributed by atoms with van der Waals surface area (Å²) in [5.74, 6) is 0.905. The van der Waals surface area contributed by atoms with Gasteiger partial charge in [-0.25, -0.2) is 0 Å². The van der Waals surface area contributed by atoms with E-state index in [0.717, 1.165) is 18.5 Å². The molecule has 0 bridgehead atoms. The number of nitrogens with zero attached hydrogens (tertiary/aromatic N) is 1. The molecule has 2 heteroatoms. The molecule has 0 aromatic rings. The highest BCUT2D eigenvalue weighted by atomic mass is 15.2. The minimum atomic E-state index is 0.683. The largest absolute Gasteiger partial charge is 0.315 e. The first-order valence-corrected chi connectivity index (χ1v) is 7.11. The lowest BCUT2D eigenvalue weighted by atomic mass is 9.95. The van der Waals surface area contributed by atoms with Crippen LogP contribution in [0.5, 0.6) is 0 Å². The Morgan fingerprint density at radius 3 is 2.75 bits per heavy atom. The monoisotopic (exact) mass is 226 g/mol. The molecule has 0 saturated carbocycles. The fourth-order valence-electron chi connectivity index (χ4n) is 2.74. The van der Waals surface area contributed by atoms with Crippen LogP contribution in [-0.2, 0) is 0 Å². The Balaban J connectivity index is 2.15. The maximum atomic E-state index is 3.48. The second-order valence-corrected chi connectivity index (χ2v) is 5.63. The second-order valence-electron chi connectivity index (χ2n) is 5.63. The summed E-state index contributed by atoms with van der Waals surface area (Å²) in [5.41, 5.74) is 0. The van der Waals surface area contributed by atoms with Crippen LogP contribution in [0.25, 0.3) is 0 Å². The van der Waals surface area contributed by atoms with Gasteiger partial charge in [0.25, 0.3) is 0 Å². The third-order valence-electron chi connectivity index (χ3n) is 3.88. The molecule has 3 unspecified atom stereocenters. The first kappa shape index (κ1) is 14.0. The summed E-state index contributed by atoms with van der Waals surface area (Å²) >= 11 is 0. The Kier molecular flexibility index (Phi) is 6.37. The molecule has 0 aliphatic carbocycles. The topological polar surface area (TPSA) is 15.3 Å². The molecule has 1 N–H and O–H groups in total. The highest BCUT2D eigenvalue weighted by Gasteiger charge is 2.22. The van der Waals surface area contributed by atoms with E-state index in [9.17, 15) is 0 Å². The van der Waals surface area contributed by atoms with Gasteiger partial charge in [-0.15, -0.1) is 0 Å². The number of likely N-dealkylation sites (tertiary alicyclic amines) is 1. The molecule has 0 spiro atoms. The first-order valence-electron chi connectivity index (χ1n) is 7.11.